The van der Waals surface area contributed by atoms with Gasteiger partial charge < -0.3 is 56.9 Å². The van der Waals surface area contributed by atoms with Crippen molar-refractivity contribution in [2.45, 2.75) is 103 Å². The smallest absolute Gasteiger partial charge is 1.00 e. The molecule has 29 nitrogen and oxygen atoms in total. The predicted molar refractivity (Wildman–Crippen MR) is 656 cm³/mol. The average Bonchev–Trinajstić information content (AvgIpc) is 1.58. The molecule has 794 valence electrons. The molecule has 0 aliphatic carbocycles. The first kappa shape index (κ1) is 169. The topological polar surface area (TPSA) is 353 Å². The van der Waals surface area contributed by atoms with Gasteiger partial charge in [-0.25, -0.2) is 64.8 Å². The molecule has 6 N–H and O–H groups in total. The van der Waals surface area contributed by atoms with Gasteiger partial charge in [0, 0.05) is 225 Å². The Hall–Kier alpha value is 0.0900. The number of nitrogens with one attached hydrogen (secondary N) is 1. The number of aliphatic imine (C=N–C) groups is 1. The molecule has 19 rings (SSSR count). The number of thiol groups is 1. The molecule has 146 heavy (non-hydrogen) atoms. The summed E-state index contributed by atoms with van der Waals surface area (Å²) < 4.78 is 19.7. The van der Waals surface area contributed by atoms with Crippen molar-refractivity contribution in [3.8, 4) is 15.5 Å². The number of allylic oxidation sites excluding steroid dienone is 1. The number of aliphatic hydroxyl groups is 1. The van der Waals surface area contributed by atoms with E-state index >= 15 is 0 Å². The molecule has 0 amide bonds. The van der Waals surface area contributed by atoms with Crippen molar-refractivity contribution < 1.29 is 173 Å². The number of aromatic nitrogens is 16. The van der Waals surface area contributed by atoms with E-state index in [2.05, 4.69) is 325 Å². The van der Waals surface area contributed by atoms with Crippen LogP contribution in [0.4, 0.5) is 15.4 Å². The summed E-state index contributed by atoms with van der Waals surface area (Å²) in [6.07, 6.45) is 40.1. The second kappa shape index (κ2) is 124. The van der Waals surface area contributed by atoms with E-state index in [1.807, 2.05) is 128 Å². The van der Waals surface area contributed by atoms with Crippen molar-refractivity contribution in [2.75, 3.05) is 143 Å². The number of hydrogen-bond acceptors (Lipinski definition) is 42. The quantitative estimate of drug-likeness (QED) is 0.0470. The summed E-state index contributed by atoms with van der Waals surface area (Å²) in [6, 6.07) is 21.5. The summed E-state index contributed by atoms with van der Waals surface area (Å²) in [5.74, 6) is 0. The second-order valence-corrected chi connectivity index (χ2v) is 46.0. The van der Waals surface area contributed by atoms with Gasteiger partial charge >= 0.3 is 148 Å². The van der Waals surface area contributed by atoms with Crippen LogP contribution in [0.3, 0.4) is 0 Å². The molecule has 0 unspecified atom stereocenters. The maximum atomic E-state index is 8.25. The number of imidazole rings is 1. The summed E-state index contributed by atoms with van der Waals surface area (Å²) in [5, 5.41) is 52.3. The van der Waals surface area contributed by atoms with Crippen LogP contribution in [0.25, 0.3) is 5.13 Å². The Labute approximate surface area is 1110 Å². The number of ether oxygens (including phenoxy) is 2. The first-order valence-electron chi connectivity index (χ1n) is 40.5. The van der Waals surface area contributed by atoms with Crippen LogP contribution in [0.1, 0.15) is 107 Å². The molecule has 0 radical (unpaired) electrons. The third-order valence-corrected chi connectivity index (χ3v) is 28.9. The molecular formula is C90H140Br8N25Na5O4S14. The van der Waals surface area contributed by atoms with Crippen LogP contribution in [0.5, 0.6) is 10.4 Å². The zero-order valence-electron chi connectivity index (χ0n) is 85.8. The summed E-state index contributed by atoms with van der Waals surface area (Å²) in [7, 11) is 11.6. The third kappa shape index (κ3) is 99.6. The molecule has 0 saturated carbocycles. The van der Waals surface area contributed by atoms with Crippen LogP contribution in [-0.4, -0.2) is 233 Å². The number of piperazine rings is 1. The molecule has 3 aliphatic rings. The van der Waals surface area contributed by atoms with Gasteiger partial charge in [0.05, 0.1) is 17.1 Å². The number of nitrogens with zero attached hydrogens (tertiary/aromatic N) is 22. The van der Waals surface area contributed by atoms with Crippen LogP contribution >= 0.6 is 287 Å². The molecule has 56 heteroatoms. The van der Waals surface area contributed by atoms with Gasteiger partial charge in [-0.3, -0.25) is 19.4 Å². The zero-order chi connectivity index (χ0) is 100. The predicted octanol–water partition coefficient (Wildman–Crippen LogP) is 13.9. The number of anilines is 3. The fraction of sp³-hybridized carbons (Fsp3) is 0.378. The molecule has 2 saturated heterocycles. The van der Waals surface area contributed by atoms with E-state index in [0.717, 1.165) is 142 Å². The van der Waals surface area contributed by atoms with Crippen molar-refractivity contribution in [2.24, 2.45) is 10.7 Å². The maximum absolute atomic E-state index is 8.25. The van der Waals surface area contributed by atoms with Gasteiger partial charge in [0.2, 0.25) is 5.13 Å². The van der Waals surface area contributed by atoms with E-state index in [4.69, 9.17) is 25.4 Å². The molecule has 14 aromatic heterocycles. The van der Waals surface area contributed by atoms with Gasteiger partial charge in [-0.2, -0.15) is 19.7 Å². The number of aliphatic hydroxyl groups excluding tert-OH is 1. The van der Waals surface area contributed by atoms with Crippen LogP contribution in [0.2, 0.25) is 0 Å². The van der Waals surface area contributed by atoms with Gasteiger partial charge in [-0.05, 0) is 211 Å². The molecule has 2 aromatic carbocycles. The Morgan fingerprint density at radius 2 is 0.870 bits per heavy atom. The van der Waals surface area contributed by atoms with Gasteiger partial charge in [-0.15, -0.1) is 124 Å². The third-order valence-electron chi connectivity index (χ3n) is 14.5. The minimum absolute atomic E-state index is 0. The maximum Gasteiger partial charge on any atom is 1.00 e. The number of likely N-dealkylation sites (tertiary alicyclic amines) is 1. The minimum Gasteiger partial charge on any atom is -1.00 e. The first-order valence-corrected chi connectivity index (χ1v) is 59.1. The standard InChI is InChI=1S/C14H17N3S.C12H17N.C9H16N2OS.C6H5N3S.C5H8N2S.C4H5NOS.C4H5N.C3HBr2NS.6C3H2BrNS.C3H8O.C2H3N3S.C2H7N.CH5N.CH3O.CH4S.5CH4.5Na.4H/c1-2-4-13(5-3-1)12-16-7-9-17(10-8-16)14-15-6-11-18-14;1-3-7-12(8-4-1)11-13-9-5-2-6-10-13;1-3-11(4-2)6-7-12-9-10-5-8-13-9;1-3-9(5-7-1)6-8-2-4-10-6;1-7(2)5-6-3-4-8-5;1-6-4-5-2-3-7-4;1-2-4-5-3-1;4-2-1-6-3(5)7-2;6*4-3-5-1-2-6-3;1-2-3-4;3-2-5-4-1-6-2;1-3-2;3*1-2;;;;;;;;;;;;;;/h1-6,11H,7-10,12H2;1,3-4,7-8H,2,5-6,9-11H2;5,8H,3-4,6-7H2,1-2H3;1-5H;3-4H,1-2H3;2-3H,1H3;1,3-4H,2H2;1H;6*1-2H;4H,2-3H2,1H3;1H,(H2,3,5);3H,1-2H3;2H2,1H3;1H3;2H,1H3;5*1H4;;;;;;;;;/q;;;;;;;;;;;;;;;;;;-1;;;;;;;5*+1;4*-1. The van der Waals surface area contributed by atoms with E-state index in [9.17, 15) is 0 Å². The normalized spacial score (nSPS) is 10.4. The van der Waals surface area contributed by atoms with E-state index in [1.165, 1.54) is 84.5 Å². The van der Waals surface area contributed by atoms with Crippen LogP contribution in [0, 0.1) is 0 Å². The number of halogens is 8. The van der Waals surface area contributed by atoms with Crippen molar-refractivity contribution >= 4 is 309 Å². The van der Waals surface area contributed by atoms with Gasteiger partial charge in [0.25, 0.3) is 10.4 Å². The number of thiazole rings is 12. The number of likely N-dealkylation sites (N-methyl/N-ethyl adjacent to an activating group) is 1. The van der Waals surface area contributed by atoms with Crippen LogP contribution < -0.4 is 189 Å². The summed E-state index contributed by atoms with van der Waals surface area (Å²) in [4.78, 5) is 66.9. The number of methoxy groups -OCH3 is 1. The van der Waals surface area contributed by atoms with Crippen molar-refractivity contribution in [1.29, 1.82) is 0 Å². The number of nitrogens with two attached hydrogens (primary N) is 2. The van der Waals surface area contributed by atoms with Crippen molar-refractivity contribution in [1.82, 2.24) is 99.6 Å². The number of benzene rings is 2. The molecule has 17 heterocycles. The zero-order valence-corrected chi connectivity index (χ0v) is 116. The molecule has 0 atom stereocenters. The Morgan fingerprint density at radius 3 is 1.11 bits per heavy atom. The molecule has 3 aliphatic heterocycles. The van der Waals surface area contributed by atoms with E-state index < -0.39 is 0 Å². The van der Waals surface area contributed by atoms with E-state index in [0.29, 0.717) is 11.7 Å². The molecule has 0 bridgehead atoms. The Morgan fingerprint density at radius 1 is 0.486 bits per heavy atom. The fourth-order valence-electron chi connectivity index (χ4n) is 8.77. The Kier molecular flexibility index (Phi) is 143. The summed E-state index contributed by atoms with van der Waals surface area (Å²) in [6.45, 7) is 19.6. The molecule has 2 fully saturated rings. The van der Waals surface area contributed by atoms with Crippen molar-refractivity contribution in [3.05, 3.63) is 273 Å². The molecule has 0 spiro atoms. The Balaban J connectivity index is -0.0000000999. The monoisotopic (exact) mass is 2830 g/mol. The summed E-state index contributed by atoms with van der Waals surface area (Å²) in [5.41, 5.74) is 14.1. The first-order chi connectivity index (χ1) is 66.3. The van der Waals surface area contributed by atoms with E-state index in [1.54, 1.807) is 219 Å². The number of piperidine rings is 1. The second-order valence-electron chi connectivity index (χ2n) is 24.1. The minimum atomic E-state index is 0. The van der Waals surface area contributed by atoms with Gasteiger partial charge in [0.15, 0.2) is 42.8 Å². The van der Waals surface area contributed by atoms with Crippen LogP contribution in [-0.2, 0) is 13.1 Å². The number of hydrogen-bond donors (Lipinski definition) is 5. The average molecular weight is 2840 g/mol. The number of nitrogen functional groups attached to an aromatic ring is 1. The number of rotatable bonds is 15. The van der Waals surface area contributed by atoms with Gasteiger partial charge in [-0.1, -0.05) is 165 Å². The SMILES string of the molecule is Brc1cnc(Br)s1.Brc1nccs1.Brc1nccs1.Brc1nccs1.Brc1nccs1.Brc1nccs1.Brc1nccs1.C.C.C.C.C.C1=CN=CC1.CCCO.CCN(CC)CCOc1nccs1.CN.CN(C)c1nccs1.CNC.COc1nccs1.CS.C[O-].Nc1nncs1.[H-].[H-].[H-].[H-].[Na+].[Na+].[Na+].[Na+].[Na+].c1ccc(CN2CCCCC2)cc1.c1ccc(CN2CCN(c3nccs3)CC2)cc1.c1cn(-c2nccs2)cn1. The molecular weight excluding hydrogens is 2700 g/mol. The molecule has 16 aromatic rings. The largest absolute Gasteiger partial charge is 1.00 e. The fourth-order valence-corrected chi connectivity index (χ4v) is 18.9. The van der Waals surface area contributed by atoms with Crippen LogP contribution in [0.15, 0.2) is 267 Å². The van der Waals surface area contributed by atoms with Crippen molar-refractivity contribution in [3.63, 3.8) is 0 Å². The Bertz CT molecular complexity index is 4640. The van der Waals surface area contributed by atoms with E-state index in [-0.39, 0.29) is 191 Å². The summed E-state index contributed by atoms with van der Waals surface area (Å²) >= 11 is 49.5. The van der Waals surface area contributed by atoms with Gasteiger partial charge in [0.1, 0.15) is 18.4 Å².